The highest BCUT2D eigenvalue weighted by atomic mass is 127. The van der Waals surface area contributed by atoms with Crippen LogP contribution in [0.1, 0.15) is 12.8 Å². The third kappa shape index (κ3) is 4.29. The predicted octanol–water partition coefficient (Wildman–Crippen LogP) is 2.15. The quantitative estimate of drug-likeness (QED) is 0.726. The number of anilines is 1. The van der Waals surface area contributed by atoms with E-state index >= 15 is 0 Å². The Balaban J connectivity index is 1.45. The van der Waals surface area contributed by atoms with E-state index in [1.54, 1.807) is 0 Å². The van der Waals surface area contributed by atoms with Gasteiger partial charge in [-0.15, -0.1) is 0 Å². The van der Waals surface area contributed by atoms with Crippen molar-refractivity contribution in [3.8, 4) is 0 Å². The number of piperazine rings is 1. The molecule has 2 aliphatic rings. The fraction of sp³-hybridized carbons (Fsp3) is 0.688. The Morgan fingerprint density at radius 1 is 1.10 bits per heavy atom. The second kappa shape index (κ2) is 7.24. The van der Waals surface area contributed by atoms with Crippen LogP contribution in [-0.2, 0) is 0 Å². The van der Waals surface area contributed by atoms with Gasteiger partial charge >= 0.3 is 0 Å². The number of aromatic nitrogens is 1. The molecule has 0 aromatic carbocycles. The molecule has 3 rings (SSSR count). The SMILES string of the molecule is CN1CCN(CC2CCN(c3ccc(I)cn3)CC2)CC1. The molecule has 2 fully saturated rings. The zero-order chi connectivity index (χ0) is 14.7. The van der Waals surface area contributed by atoms with Gasteiger partial charge in [0.25, 0.3) is 0 Å². The fourth-order valence-corrected chi connectivity index (χ4v) is 3.61. The third-order valence-corrected chi connectivity index (χ3v) is 5.40. The molecule has 0 N–H and O–H groups in total. The summed E-state index contributed by atoms with van der Waals surface area (Å²) >= 11 is 2.31. The van der Waals surface area contributed by atoms with Crippen molar-refractivity contribution < 1.29 is 0 Å². The first-order valence-corrected chi connectivity index (χ1v) is 9.06. The van der Waals surface area contributed by atoms with Crippen LogP contribution < -0.4 is 4.90 Å². The van der Waals surface area contributed by atoms with Crippen LogP contribution in [0.3, 0.4) is 0 Å². The Bertz CT molecular complexity index is 434. The number of rotatable bonds is 3. The predicted molar refractivity (Wildman–Crippen MR) is 95.8 cm³/mol. The van der Waals surface area contributed by atoms with Gasteiger partial charge in [0.2, 0.25) is 0 Å². The first-order valence-electron chi connectivity index (χ1n) is 7.98. The lowest BCUT2D eigenvalue weighted by molar-refractivity contribution is 0.129. The van der Waals surface area contributed by atoms with E-state index in [0.29, 0.717) is 0 Å². The van der Waals surface area contributed by atoms with Crippen molar-refractivity contribution in [3.63, 3.8) is 0 Å². The largest absolute Gasteiger partial charge is 0.357 e. The molecule has 5 heteroatoms. The third-order valence-electron chi connectivity index (χ3n) is 4.76. The minimum absolute atomic E-state index is 0.869. The van der Waals surface area contributed by atoms with E-state index in [1.807, 2.05) is 6.20 Å². The maximum atomic E-state index is 4.55. The molecule has 116 valence electrons. The topological polar surface area (TPSA) is 22.6 Å². The highest BCUT2D eigenvalue weighted by Crippen LogP contribution is 2.23. The number of hydrogen-bond donors (Lipinski definition) is 0. The Morgan fingerprint density at radius 3 is 2.43 bits per heavy atom. The number of nitrogens with zero attached hydrogens (tertiary/aromatic N) is 4. The minimum atomic E-state index is 0.869. The van der Waals surface area contributed by atoms with Crippen molar-refractivity contribution in [1.29, 1.82) is 0 Å². The van der Waals surface area contributed by atoms with Crippen LogP contribution in [0, 0.1) is 9.49 Å². The smallest absolute Gasteiger partial charge is 0.128 e. The number of halogens is 1. The molecule has 0 aliphatic carbocycles. The zero-order valence-corrected chi connectivity index (χ0v) is 15.0. The van der Waals surface area contributed by atoms with Gasteiger partial charge in [-0.2, -0.15) is 0 Å². The lowest BCUT2D eigenvalue weighted by Crippen LogP contribution is -2.47. The molecule has 0 atom stereocenters. The van der Waals surface area contributed by atoms with Crippen molar-refractivity contribution >= 4 is 28.4 Å². The molecule has 0 unspecified atom stereocenters. The first kappa shape index (κ1) is 15.5. The fourth-order valence-electron chi connectivity index (χ4n) is 3.30. The van der Waals surface area contributed by atoms with E-state index in [1.165, 1.54) is 49.1 Å². The van der Waals surface area contributed by atoms with Gasteiger partial charge in [-0.05, 0) is 60.5 Å². The lowest BCUT2D eigenvalue weighted by atomic mass is 9.96. The molecule has 2 aliphatic heterocycles. The first-order chi connectivity index (χ1) is 10.2. The number of piperidine rings is 1. The Hall–Kier alpha value is -0.400. The molecule has 0 amide bonds. The van der Waals surface area contributed by atoms with Crippen LogP contribution in [0.15, 0.2) is 18.3 Å². The van der Waals surface area contributed by atoms with Crippen LogP contribution in [0.4, 0.5) is 5.82 Å². The van der Waals surface area contributed by atoms with Crippen LogP contribution >= 0.6 is 22.6 Å². The highest BCUT2D eigenvalue weighted by Gasteiger charge is 2.23. The monoisotopic (exact) mass is 400 g/mol. The number of pyridine rings is 1. The molecule has 1 aromatic rings. The van der Waals surface area contributed by atoms with E-state index in [2.05, 4.69) is 61.5 Å². The summed E-state index contributed by atoms with van der Waals surface area (Å²) in [5, 5.41) is 0. The van der Waals surface area contributed by atoms with Gasteiger partial charge in [-0.1, -0.05) is 0 Å². The van der Waals surface area contributed by atoms with Crippen molar-refractivity contribution in [3.05, 3.63) is 21.9 Å². The average Bonchev–Trinajstić information content (AvgIpc) is 2.51. The molecule has 4 nitrogen and oxygen atoms in total. The summed E-state index contributed by atoms with van der Waals surface area (Å²) in [6, 6.07) is 4.31. The molecule has 1 aromatic heterocycles. The summed E-state index contributed by atoms with van der Waals surface area (Å²) in [5.74, 6) is 2.02. The Kier molecular flexibility index (Phi) is 5.34. The Morgan fingerprint density at radius 2 is 1.81 bits per heavy atom. The van der Waals surface area contributed by atoms with Gasteiger partial charge in [0.1, 0.15) is 5.82 Å². The van der Waals surface area contributed by atoms with Crippen LogP contribution in [0.2, 0.25) is 0 Å². The van der Waals surface area contributed by atoms with E-state index in [-0.39, 0.29) is 0 Å². The summed E-state index contributed by atoms with van der Waals surface area (Å²) in [5.41, 5.74) is 0. The standard InChI is InChI=1S/C16H25IN4/c1-19-8-10-20(11-9-19)13-14-4-6-21(7-5-14)16-3-2-15(17)12-18-16/h2-3,12,14H,4-11,13H2,1H3. The van der Waals surface area contributed by atoms with Gasteiger partial charge in [-0.3, -0.25) is 0 Å². The van der Waals surface area contributed by atoms with Gasteiger partial charge in [0.15, 0.2) is 0 Å². The Labute approximate surface area is 141 Å². The van der Waals surface area contributed by atoms with E-state index in [9.17, 15) is 0 Å². The van der Waals surface area contributed by atoms with Gasteiger partial charge in [0.05, 0.1) is 0 Å². The van der Waals surface area contributed by atoms with Crippen molar-refractivity contribution in [2.45, 2.75) is 12.8 Å². The van der Waals surface area contributed by atoms with Crippen LogP contribution in [-0.4, -0.2) is 67.6 Å². The summed E-state index contributed by atoms with van der Waals surface area (Å²) in [6.45, 7) is 8.56. The summed E-state index contributed by atoms with van der Waals surface area (Å²) in [7, 11) is 2.23. The number of hydrogen-bond acceptors (Lipinski definition) is 4. The molecule has 0 bridgehead atoms. The minimum Gasteiger partial charge on any atom is -0.357 e. The summed E-state index contributed by atoms with van der Waals surface area (Å²) in [6.07, 6.45) is 4.58. The maximum absolute atomic E-state index is 4.55. The van der Waals surface area contributed by atoms with Crippen LogP contribution in [0.5, 0.6) is 0 Å². The molecular formula is C16H25IN4. The summed E-state index contributed by atoms with van der Waals surface area (Å²) < 4.78 is 1.21. The van der Waals surface area contributed by atoms with E-state index in [4.69, 9.17) is 0 Å². The van der Waals surface area contributed by atoms with E-state index in [0.717, 1.165) is 24.8 Å². The highest BCUT2D eigenvalue weighted by molar-refractivity contribution is 14.1. The molecule has 21 heavy (non-hydrogen) atoms. The molecular weight excluding hydrogens is 375 g/mol. The van der Waals surface area contributed by atoms with Crippen LogP contribution in [0.25, 0.3) is 0 Å². The molecule has 2 saturated heterocycles. The normalized spacial score (nSPS) is 22.7. The molecule has 0 spiro atoms. The molecule has 0 saturated carbocycles. The second-order valence-electron chi connectivity index (χ2n) is 6.37. The van der Waals surface area contributed by atoms with Gasteiger partial charge in [0, 0.05) is 55.6 Å². The average molecular weight is 400 g/mol. The second-order valence-corrected chi connectivity index (χ2v) is 7.61. The van der Waals surface area contributed by atoms with Crippen molar-refractivity contribution in [2.24, 2.45) is 5.92 Å². The van der Waals surface area contributed by atoms with Gasteiger partial charge in [-0.25, -0.2) is 4.98 Å². The van der Waals surface area contributed by atoms with Gasteiger partial charge < -0.3 is 14.7 Å². The van der Waals surface area contributed by atoms with E-state index < -0.39 is 0 Å². The van der Waals surface area contributed by atoms with Crippen molar-refractivity contribution in [1.82, 2.24) is 14.8 Å². The molecule has 3 heterocycles. The molecule has 0 radical (unpaired) electrons. The number of likely N-dealkylation sites (N-methyl/N-ethyl adjacent to an activating group) is 1. The van der Waals surface area contributed by atoms with Crippen molar-refractivity contribution in [2.75, 3.05) is 57.8 Å². The maximum Gasteiger partial charge on any atom is 0.128 e. The lowest BCUT2D eigenvalue weighted by Gasteiger charge is -2.38. The summed E-state index contributed by atoms with van der Waals surface area (Å²) in [4.78, 5) is 12.1. The zero-order valence-electron chi connectivity index (χ0n) is 12.8.